The number of hydrogen-bond acceptors (Lipinski definition) is 3. The molecular weight excluding hydrogens is 476 g/mol. The number of carbonyl (C=O) groups excluding carboxylic acids is 2. The molecule has 38 heavy (non-hydrogen) atoms. The van der Waals surface area contributed by atoms with Crippen molar-refractivity contribution >= 4 is 23.4 Å². The highest BCUT2D eigenvalue weighted by molar-refractivity contribution is 6.10. The molecular formula is C32H40N2O4. The van der Waals surface area contributed by atoms with Gasteiger partial charge in [0.1, 0.15) is 0 Å². The molecule has 0 atom stereocenters. The molecule has 0 unspecified atom stereocenters. The lowest BCUT2D eigenvalue weighted by atomic mass is 9.83. The van der Waals surface area contributed by atoms with Gasteiger partial charge in [0, 0.05) is 23.5 Å². The third-order valence-electron chi connectivity index (χ3n) is 9.03. The summed E-state index contributed by atoms with van der Waals surface area (Å²) in [6.07, 6.45) is 9.77. The van der Waals surface area contributed by atoms with Gasteiger partial charge in [-0.15, -0.1) is 0 Å². The molecule has 3 aliphatic rings. The molecule has 5 rings (SSSR count). The molecule has 3 aliphatic carbocycles. The van der Waals surface area contributed by atoms with Crippen molar-refractivity contribution in [1.82, 2.24) is 4.57 Å². The molecule has 6 nitrogen and oxygen atoms in total. The van der Waals surface area contributed by atoms with Gasteiger partial charge in [-0.1, -0.05) is 53.0 Å². The van der Waals surface area contributed by atoms with Crippen LogP contribution >= 0.6 is 0 Å². The maximum Gasteiger partial charge on any atom is 0.307 e. The average Bonchev–Trinajstić information content (AvgIpc) is 3.51. The number of aliphatic carboxylic acids is 1. The van der Waals surface area contributed by atoms with E-state index in [0.717, 1.165) is 50.6 Å². The lowest BCUT2D eigenvalue weighted by Crippen LogP contribution is -2.31. The van der Waals surface area contributed by atoms with E-state index < -0.39 is 11.9 Å². The van der Waals surface area contributed by atoms with Gasteiger partial charge in [0.25, 0.3) is 5.91 Å². The topological polar surface area (TPSA) is 88.7 Å². The van der Waals surface area contributed by atoms with Gasteiger partial charge in [-0.2, -0.15) is 0 Å². The SMILES string of the molecule is Cc1c(C(=O)N=C2CC(C(=O)O)C2)cn(-c2cc(C(C)(C)C)cc(C3(C)CC3)c2)c1C(=O)C1CCCCC1. The summed E-state index contributed by atoms with van der Waals surface area (Å²) >= 11 is 0. The molecule has 202 valence electrons. The van der Waals surface area contributed by atoms with Crippen molar-refractivity contribution in [2.24, 2.45) is 16.8 Å². The number of carbonyl (C=O) groups is 3. The molecule has 3 fully saturated rings. The fourth-order valence-corrected chi connectivity index (χ4v) is 5.87. The molecule has 1 N–H and O–H groups in total. The summed E-state index contributed by atoms with van der Waals surface area (Å²) in [6, 6.07) is 6.67. The van der Waals surface area contributed by atoms with Gasteiger partial charge in [-0.3, -0.25) is 14.4 Å². The quantitative estimate of drug-likeness (QED) is 0.420. The van der Waals surface area contributed by atoms with Crippen molar-refractivity contribution in [3.63, 3.8) is 0 Å². The molecule has 3 saturated carbocycles. The Bertz CT molecular complexity index is 1300. The predicted octanol–water partition coefficient (Wildman–Crippen LogP) is 6.97. The molecule has 0 saturated heterocycles. The van der Waals surface area contributed by atoms with E-state index in [9.17, 15) is 19.5 Å². The number of aromatic nitrogens is 1. The van der Waals surface area contributed by atoms with Crippen molar-refractivity contribution < 1.29 is 19.5 Å². The monoisotopic (exact) mass is 516 g/mol. The second-order valence-corrected chi connectivity index (χ2v) is 13.1. The van der Waals surface area contributed by atoms with Crippen molar-refractivity contribution in [3.8, 4) is 5.69 Å². The smallest absolute Gasteiger partial charge is 0.307 e. The first-order valence-corrected chi connectivity index (χ1v) is 14.1. The number of aliphatic imine (C=N–C) groups is 1. The highest BCUT2D eigenvalue weighted by Crippen LogP contribution is 2.49. The normalized spacial score (nSPS) is 21.1. The van der Waals surface area contributed by atoms with Gasteiger partial charge in [0.2, 0.25) is 0 Å². The minimum Gasteiger partial charge on any atom is -0.481 e. The lowest BCUT2D eigenvalue weighted by molar-refractivity contribution is -0.142. The summed E-state index contributed by atoms with van der Waals surface area (Å²) in [6.45, 7) is 10.8. The lowest BCUT2D eigenvalue weighted by Gasteiger charge is -2.25. The van der Waals surface area contributed by atoms with Crippen LogP contribution in [0.3, 0.4) is 0 Å². The molecule has 1 aromatic heterocycles. The molecule has 0 aliphatic heterocycles. The highest BCUT2D eigenvalue weighted by atomic mass is 16.4. The summed E-state index contributed by atoms with van der Waals surface area (Å²) < 4.78 is 1.95. The number of carboxylic acid groups (broad SMARTS) is 1. The molecule has 2 aromatic rings. The van der Waals surface area contributed by atoms with Crippen LogP contribution in [-0.2, 0) is 15.6 Å². The molecule has 0 bridgehead atoms. The minimum absolute atomic E-state index is 0.0282. The zero-order chi connectivity index (χ0) is 27.4. The first-order chi connectivity index (χ1) is 17.9. The van der Waals surface area contributed by atoms with Crippen LogP contribution in [0.5, 0.6) is 0 Å². The third-order valence-corrected chi connectivity index (χ3v) is 9.03. The van der Waals surface area contributed by atoms with Crippen LogP contribution in [0.1, 0.15) is 123 Å². The van der Waals surface area contributed by atoms with Crippen molar-refractivity contribution in [1.29, 1.82) is 0 Å². The largest absolute Gasteiger partial charge is 0.481 e. The fourth-order valence-electron chi connectivity index (χ4n) is 5.87. The molecule has 1 heterocycles. The Morgan fingerprint density at radius 3 is 2.24 bits per heavy atom. The third kappa shape index (κ3) is 5.02. The Hall–Kier alpha value is -3.02. The van der Waals surface area contributed by atoms with E-state index in [1.807, 2.05) is 11.5 Å². The number of Topliss-reactive ketones (excluding diaryl/α,β-unsaturated/α-hetero) is 1. The maximum atomic E-state index is 14.0. The van der Waals surface area contributed by atoms with E-state index in [-0.39, 0.29) is 28.4 Å². The number of ketones is 1. The predicted molar refractivity (Wildman–Crippen MR) is 149 cm³/mol. The van der Waals surface area contributed by atoms with E-state index in [4.69, 9.17) is 0 Å². The van der Waals surface area contributed by atoms with Crippen LogP contribution in [0.4, 0.5) is 0 Å². The number of rotatable bonds is 6. The number of carboxylic acids is 1. The summed E-state index contributed by atoms with van der Waals surface area (Å²) in [4.78, 5) is 42.8. The van der Waals surface area contributed by atoms with E-state index in [1.54, 1.807) is 6.20 Å². The highest BCUT2D eigenvalue weighted by Gasteiger charge is 2.40. The first kappa shape index (κ1) is 26.6. The Labute approximate surface area is 225 Å². The minimum atomic E-state index is -0.849. The Morgan fingerprint density at radius 1 is 1.00 bits per heavy atom. The van der Waals surface area contributed by atoms with Gasteiger partial charge in [0.15, 0.2) is 5.78 Å². The molecule has 0 radical (unpaired) electrons. The zero-order valence-electron chi connectivity index (χ0n) is 23.4. The van der Waals surface area contributed by atoms with Crippen LogP contribution in [0.25, 0.3) is 5.69 Å². The van der Waals surface area contributed by atoms with Crippen molar-refractivity contribution in [2.75, 3.05) is 0 Å². The van der Waals surface area contributed by atoms with Gasteiger partial charge in [-0.25, -0.2) is 4.99 Å². The Morgan fingerprint density at radius 2 is 1.66 bits per heavy atom. The second kappa shape index (κ2) is 9.62. The van der Waals surface area contributed by atoms with Crippen LogP contribution in [-0.4, -0.2) is 33.0 Å². The Kier molecular flexibility index (Phi) is 6.73. The van der Waals surface area contributed by atoms with Crippen molar-refractivity contribution in [3.05, 3.63) is 52.3 Å². The van der Waals surface area contributed by atoms with Crippen LogP contribution in [0.15, 0.2) is 29.4 Å². The van der Waals surface area contributed by atoms with E-state index in [2.05, 4.69) is 50.9 Å². The summed E-state index contributed by atoms with van der Waals surface area (Å²) in [5.41, 5.74) is 5.81. The summed E-state index contributed by atoms with van der Waals surface area (Å²) in [7, 11) is 0. The molecule has 6 heteroatoms. The summed E-state index contributed by atoms with van der Waals surface area (Å²) in [5.74, 6) is -1.61. The Balaban J connectivity index is 1.61. The van der Waals surface area contributed by atoms with Gasteiger partial charge in [0.05, 0.1) is 17.2 Å². The number of amides is 1. The summed E-state index contributed by atoms with van der Waals surface area (Å²) in [5, 5.41) is 9.18. The van der Waals surface area contributed by atoms with Crippen LogP contribution in [0, 0.1) is 18.8 Å². The number of benzene rings is 1. The standard InChI is InChI=1S/C32H40N2O4/c1-19-26(29(36)33-24-13-21(14-24)30(37)38)18-34(27(19)28(35)20-9-7-6-8-10-20)25-16-22(31(2,3)4)15-23(17-25)32(5)11-12-32/h15-18,20-21H,6-14H2,1-5H3,(H,37,38). The maximum absolute atomic E-state index is 14.0. The molecule has 1 amide bonds. The first-order valence-electron chi connectivity index (χ1n) is 14.1. The van der Waals surface area contributed by atoms with E-state index in [1.165, 1.54) is 11.1 Å². The van der Waals surface area contributed by atoms with Gasteiger partial charge >= 0.3 is 5.97 Å². The van der Waals surface area contributed by atoms with Crippen molar-refractivity contribution in [2.45, 2.75) is 103 Å². The van der Waals surface area contributed by atoms with Crippen LogP contribution < -0.4 is 0 Å². The number of nitrogens with zero attached hydrogens (tertiary/aromatic N) is 2. The van der Waals surface area contributed by atoms with E-state index >= 15 is 0 Å². The van der Waals surface area contributed by atoms with Gasteiger partial charge in [-0.05, 0) is 85.1 Å². The second-order valence-electron chi connectivity index (χ2n) is 13.1. The molecule has 1 aromatic carbocycles. The van der Waals surface area contributed by atoms with Crippen LogP contribution in [0.2, 0.25) is 0 Å². The fraction of sp³-hybridized carbons (Fsp3) is 0.562. The number of hydrogen-bond donors (Lipinski definition) is 1. The van der Waals surface area contributed by atoms with Gasteiger partial charge < -0.3 is 9.67 Å². The van der Waals surface area contributed by atoms with E-state index in [0.29, 0.717) is 35.4 Å². The average molecular weight is 517 g/mol. The zero-order valence-corrected chi connectivity index (χ0v) is 23.4. The molecule has 0 spiro atoms.